The molecule has 6 nitrogen and oxygen atoms in total. The molecule has 0 atom stereocenters. The highest BCUT2D eigenvalue weighted by Gasteiger charge is 2.12. The number of benzene rings is 4. The quantitative estimate of drug-likeness (QED) is 0.231. The summed E-state index contributed by atoms with van der Waals surface area (Å²) in [6.45, 7) is 2.31. The van der Waals surface area contributed by atoms with Crippen LogP contribution in [-0.4, -0.2) is 21.0 Å². The zero-order valence-electron chi connectivity index (χ0n) is 19.9. The molecule has 0 unspecified atom stereocenters. The molecule has 1 heterocycles. The second-order valence-electron chi connectivity index (χ2n) is 8.48. The van der Waals surface area contributed by atoms with Crippen molar-refractivity contribution in [1.29, 1.82) is 0 Å². The molecule has 0 spiro atoms. The number of nitrogens with zero attached hydrogens (tertiary/aromatic N) is 1. The Bertz CT molecular complexity index is 1550. The number of hydrogen-bond acceptors (Lipinski definition) is 4. The number of ether oxygens (including phenoxy) is 1. The number of carbonyl (C=O) groups excluding carboxylic acids is 1. The van der Waals surface area contributed by atoms with Crippen molar-refractivity contribution in [3.63, 3.8) is 0 Å². The standard InChI is InChI=1S/C29H23FN4O2S/c1-18-6-13-22(16-24(18)27-32-25-4-2-3-5-26(25)33-27)31-29(37)34-28(35)20-9-14-23(15-10-20)36-17-19-7-11-21(30)12-8-19/h2-16H,17H2,1H3,(H,32,33)(H2,31,34,35,37). The van der Waals surface area contributed by atoms with Gasteiger partial charge in [-0.2, -0.15) is 0 Å². The van der Waals surface area contributed by atoms with Crippen LogP contribution in [0.4, 0.5) is 10.1 Å². The molecule has 0 aliphatic carbocycles. The molecule has 0 saturated carbocycles. The number of halogens is 1. The van der Waals surface area contributed by atoms with Crippen LogP contribution in [0.15, 0.2) is 91.0 Å². The molecular weight excluding hydrogens is 487 g/mol. The fraction of sp³-hybridized carbons (Fsp3) is 0.0690. The van der Waals surface area contributed by atoms with Gasteiger partial charge in [0.15, 0.2) is 5.11 Å². The highest BCUT2D eigenvalue weighted by molar-refractivity contribution is 7.80. The monoisotopic (exact) mass is 510 g/mol. The van der Waals surface area contributed by atoms with Crippen LogP contribution in [0.1, 0.15) is 21.5 Å². The molecule has 8 heteroatoms. The fourth-order valence-electron chi connectivity index (χ4n) is 3.82. The molecule has 5 aromatic rings. The topological polar surface area (TPSA) is 79.0 Å². The lowest BCUT2D eigenvalue weighted by Gasteiger charge is -2.12. The number of nitrogens with one attached hydrogen (secondary N) is 3. The van der Waals surface area contributed by atoms with Crippen molar-refractivity contribution in [3.05, 3.63) is 114 Å². The number of aryl methyl sites for hydroxylation is 1. The average Bonchev–Trinajstić information content (AvgIpc) is 3.34. The second-order valence-corrected chi connectivity index (χ2v) is 8.89. The van der Waals surface area contributed by atoms with Crippen LogP contribution < -0.4 is 15.4 Å². The lowest BCUT2D eigenvalue weighted by Crippen LogP contribution is -2.34. The van der Waals surface area contributed by atoms with E-state index in [0.29, 0.717) is 17.9 Å². The maximum Gasteiger partial charge on any atom is 0.257 e. The minimum Gasteiger partial charge on any atom is -0.489 e. The molecule has 0 saturated heterocycles. The number of aromatic nitrogens is 2. The summed E-state index contributed by atoms with van der Waals surface area (Å²) in [5, 5.41) is 5.96. The number of H-pyrrole nitrogens is 1. The van der Waals surface area contributed by atoms with E-state index in [4.69, 9.17) is 17.0 Å². The summed E-state index contributed by atoms with van der Waals surface area (Å²) in [7, 11) is 0. The minimum atomic E-state index is -0.341. The molecular formula is C29H23FN4O2S. The molecule has 184 valence electrons. The molecule has 4 aromatic carbocycles. The SMILES string of the molecule is Cc1ccc(NC(=S)NC(=O)c2ccc(OCc3ccc(F)cc3)cc2)cc1-c1nc2ccccc2[nH]1. The second kappa shape index (κ2) is 10.6. The highest BCUT2D eigenvalue weighted by atomic mass is 32.1. The Hall–Kier alpha value is -4.56. The molecule has 1 amide bonds. The number of para-hydroxylation sites is 2. The Morgan fingerprint density at radius 2 is 1.76 bits per heavy atom. The molecule has 0 aliphatic rings. The first-order chi connectivity index (χ1) is 17.9. The van der Waals surface area contributed by atoms with E-state index in [1.165, 1.54) is 12.1 Å². The number of fused-ring (bicyclic) bond motifs is 1. The van der Waals surface area contributed by atoms with Gasteiger partial charge >= 0.3 is 0 Å². The Balaban J connectivity index is 1.20. The van der Waals surface area contributed by atoms with Gasteiger partial charge in [0.05, 0.1) is 11.0 Å². The van der Waals surface area contributed by atoms with E-state index in [1.807, 2.05) is 49.4 Å². The van der Waals surface area contributed by atoms with Crippen molar-refractivity contribution >= 4 is 40.0 Å². The Labute approximate surface area is 218 Å². The maximum absolute atomic E-state index is 13.0. The first-order valence-electron chi connectivity index (χ1n) is 11.6. The first kappa shape index (κ1) is 24.1. The summed E-state index contributed by atoms with van der Waals surface area (Å²) in [6.07, 6.45) is 0. The predicted molar refractivity (Wildman–Crippen MR) is 147 cm³/mol. The van der Waals surface area contributed by atoms with Crippen LogP contribution in [0.3, 0.4) is 0 Å². The van der Waals surface area contributed by atoms with E-state index < -0.39 is 0 Å². The molecule has 3 N–H and O–H groups in total. The third-order valence-electron chi connectivity index (χ3n) is 5.80. The molecule has 0 radical (unpaired) electrons. The van der Waals surface area contributed by atoms with Gasteiger partial charge in [-0.15, -0.1) is 0 Å². The summed E-state index contributed by atoms with van der Waals surface area (Å²) < 4.78 is 18.7. The van der Waals surface area contributed by atoms with Gasteiger partial charge in [0.2, 0.25) is 0 Å². The van der Waals surface area contributed by atoms with Crippen molar-refractivity contribution in [3.8, 4) is 17.1 Å². The number of rotatable bonds is 6. The molecule has 0 bridgehead atoms. The van der Waals surface area contributed by atoms with Gasteiger partial charge in [-0.3, -0.25) is 10.1 Å². The lowest BCUT2D eigenvalue weighted by atomic mass is 10.1. The number of anilines is 1. The fourth-order valence-corrected chi connectivity index (χ4v) is 4.03. The van der Waals surface area contributed by atoms with Gasteiger partial charge in [0.1, 0.15) is 24.0 Å². The third kappa shape index (κ3) is 5.82. The highest BCUT2D eigenvalue weighted by Crippen LogP contribution is 2.26. The Kier molecular flexibility index (Phi) is 6.91. The van der Waals surface area contributed by atoms with Crippen LogP contribution in [0, 0.1) is 12.7 Å². The normalized spacial score (nSPS) is 10.8. The molecule has 5 rings (SSSR count). The lowest BCUT2D eigenvalue weighted by molar-refractivity contribution is 0.0977. The number of thiocarbonyl (C=S) groups is 1. The Morgan fingerprint density at radius 3 is 2.51 bits per heavy atom. The van der Waals surface area contributed by atoms with Crippen molar-refractivity contribution in [2.75, 3.05) is 5.32 Å². The smallest absolute Gasteiger partial charge is 0.257 e. The largest absolute Gasteiger partial charge is 0.489 e. The molecule has 1 aromatic heterocycles. The van der Waals surface area contributed by atoms with Gasteiger partial charge in [-0.1, -0.05) is 30.3 Å². The van der Waals surface area contributed by atoms with Gasteiger partial charge in [-0.25, -0.2) is 9.37 Å². The molecule has 0 aliphatic heterocycles. The molecule has 0 fully saturated rings. The van der Waals surface area contributed by atoms with Gasteiger partial charge in [0, 0.05) is 16.8 Å². The van der Waals surface area contributed by atoms with Crippen molar-refractivity contribution in [1.82, 2.24) is 15.3 Å². The number of imidazole rings is 1. The number of amides is 1. The van der Waals surface area contributed by atoms with E-state index in [0.717, 1.165) is 39.2 Å². The van der Waals surface area contributed by atoms with Crippen molar-refractivity contribution in [2.45, 2.75) is 13.5 Å². The van der Waals surface area contributed by atoms with Crippen LogP contribution in [-0.2, 0) is 6.61 Å². The van der Waals surface area contributed by atoms with Gasteiger partial charge in [-0.05, 0) is 90.9 Å². The number of hydrogen-bond donors (Lipinski definition) is 3. The van der Waals surface area contributed by atoms with Crippen molar-refractivity contribution < 1.29 is 13.9 Å². The molecule has 37 heavy (non-hydrogen) atoms. The third-order valence-corrected chi connectivity index (χ3v) is 6.01. The van der Waals surface area contributed by atoms with Gasteiger partial charge < -0.3 is 15.0 Å². The first-order valence-corrected chi connectivity index (χ1v) is 12.0. The summed E-state index contributed by atoms with van der Waals surface area (Å²) in [4.78, 5) is 20.7. The van der Waals surface area contributed by atoms with E-state index in [9.17, 15) is 9.18 Å². The summed E-state index contributed by atoms with van der Waals surface area (Å²) in [5.74, 6) is 0.728. The van der Waals surface area contributed by atoms with E-state index in [1.54, 1.807) is 36.4 Å². The Morgan fingerprint density at radius 1 is 1.00 bits per heavy atom. The van der Waals surface area contributed by atoms with Crippen molar-refractivity contribution in [2.24, 2.45) is 0 Å². The van der Waals surface area contributed by atoms with Crippen LogP contribution in [0.25, 0.3) is 22.4 Å². The van der Waals surface area contributed by atoms with Gasteiger partial charge in [0.25, 0.3) is 5.91 Å². The van der Waals surface area contributed by atoms with Crippen LogP contribution in [0.2, 0.25) is 0 Å². The van der Waals surface area contributed by atoms with Crippen LogP contribution >= 0.6 is 12.2 Å². The number of aromatic amines is 1. The predicted octanol–water partition coefficient (Wildman–Crippen LogP) is 6.38. The summed E-state index contributed by atoms with van der Waals surface area (Å²) in [6, 6.07) is 26.5. The summed E-state index contributed by atoms with van der Waals surface area (Å²) in [5.41, 5.74) is 5.86. The zero-order chi connectivity index (χ0) is 25.8. The average molecular weight is 511 g/mol. The van der Waals surface area contributed by atoms with E-state index in [2.05, 4.69) is 20.6 Å². The van der Waals surface area contributed by atoms with E-state index >= 15 is 0 Å². The maximum atomic E-state index is 13.0. The van der Waals surface area contributed by atoms with E-state index in [-0.39, 0.29) is 16.8 Å². The summed E-state index contributed by atoms with van der Waals surface area (Å²) >= 11 is 5.37. The van der Waals surface area contributed by atoms with Crippen LogP contribution in [0.5, 0.6) is 5.75 Å². The zero-order valence-corrected chi connectivity index (χ0v) is 20.7. The minimum absolute atomic E-state index is 0.182. The number of carbonyl (C=O) groups is 1.